The predicted octanol–water partition coefficient (Wildman–Crippen LogP) is 2.88. The van der Waals surface area contributed by atoms with Crippen molar-refractivity contribution in [3.05, 3.63) is 47.9 Å². The van der Waals surface area contributed by atoms with E-state index in [1.807, 2.05) is 38.1 Å². The number of furan rings is 1. The molecule has 3 rings (SSSR count). The molecule has 1 N–H and O–H groups in total. The molecule has 2 aromatic rings. The van der Waals surface area contributed by atoms with Gasteiger partial charge in [0.05, 0.1) is 12.8 Å². The summed E-state index contributed by atoms with van der Waals surface area (Å²) in [4.78, 5) is 12.1. The zero-order valence-electron chi connectivity index (χ0n) is 14.7. The van der Waals surface area contributed by atoms with Crippen LogP contribution in [0.3, 0.4) is 0 Å². The minimum Gasteiger partial charge on any atom is -0.483 e. The molecule has 0 bridgehead atoms. The summed E-state index contributed by atoms with van der Waals surface area (Å²) >= 11 is 0. The van der Waals surface area contributed by atoms with Crippen LogP contribution in [0, 0.1) is 0 Å². The first kappa shape index (κ1) is 17.4. The molecule has 1 aromatic heterocycles. The van der Waals surface area contributed by atoms with Crippen molar-refractivity contribution >= 4 is 5.91 Å². The summed E-state index contributed by atoms with van der Waals surface area (Å²) in [5.74, 6) is 1.75. The third-order valence-electron chi connectivity index (χ3n) is 4.04. The molecule has 2 heterocycles. The number of methoxy groups -OCH3 is 1. The van der Waals surface area contributed by atoms with Crippen LogP contribution in [0.15, 0.2) is 41.0 Å². The van der Waals surface area contributed by atoms with E-state index in [1.54, 1.807) is 19.4 Å². The van der Waals surface area contributed by atoms with Crippen LogP contribution in [0.5, 0.6) is 11.5 Å². The molecule has 0 fully saturated rings. The Labute approximate surface area is 147 Å². The summed E-state index contributed by atoms with van der Waals surface area (Å²) in [7, 11) is 1.57. The van der Waals surface area contributed by atoms with E-state index in [2.05, 4.69) is 5.32 Å². The predicted molar refractivity (Wildman–Crippen MR) is 91.8 cm³/mol. The highest BCUT2D eigenvalue weighted by Gasteiger charge is 2.32. The Hall–Kier alpha value is -2.47. The number of fused-ring (bicyclic) bond motifs is 1. The number of benzene rings is 1. The van der Waals surface area contributed by atoms with Gasteiger partial charge in [-0.05, 0) is 32.0 Å². The molecule has 1 atom stereocenters. The molecule has 1 unspecified atom stereocenters. The molecule has 6 heteroatoms. The number of ether oxygens (including phenoxy) is 3. The summed E-state index contributed by atoms with van der Waals surface area (Å²) in [6.45, 7) is 4.28. The fourth-order valence-corrected chi connectivity index (χ4v) is 2.88. The number of amides is 1. The highest BCUT2D eigenvalue weighted by atomic mass is 16.5. The van der Waals surface area contributed by atoms with E-state index in [0.29, 0.717) is 18.1 Å². The van der Waals surface area contributed by atoms with Crippen LogP contribution < -0.4 is 14.8 Å². The van der Waals surface area contributed by atoms with Gasteiger partial charge in [0.25, 0.3) is 5.91 Å². The normalized spacial score (nSPS) is 16.0. The van der Waals surface area contributed by atoms with Gasteiger partial charge in [-0.2, -0.15) is 0 Å². The minimum absolute atomic E-state index is 0.0885. The fraction of sp³-hybridized carbons (Fsp3) is 0.421. The van der Waals surface area contributed by atoms with Crippen LogP contribution in [0.2, 0.25) is 0 Å². The van der Waals surface area contributed by atoms with Gasteiger partial charge in [-0.3, -0.25) is 4.79 Å². The Morgan fingerprint density at radius 2 is 2.16 bits per heavy atom. The summed E-state index contributed by atoms with van der Waals surface area (Å²) < 4.78 is 22.2. The van der Waals surface area contributed by atoms with Gasteiger partial charge in [-0.25, -0.2) is 0 Å². The maximum Gasteiger partial charge on any atom is 0.258 e. The number of carbonyl (C=O) groups excluding carboxylic acids is 1. The van der Waals surface area contributed by atoms with Gasteiger partial charge in [0.2, 0.25) is 0 Å². The fourth-order valence-electron chi connectivity index (χ4n) is 2.88. The smallest absolute Gasteiger partial charge is 0.258 e. The monoisotopic (exact) mass is 345 g/mol. The molecule has 1 aliphatic rings. The number of hydrogen-bond acceptors (Lipinski definition) is 5. The zero-order valence-corrected chi connectivity index (χ0v) is 14.7. The van der Waals surface area contributed by atoms with E-state index in [4.69, 9.17) is 18.6 Å². The van der Waals surface area contributed by atoms with Gasteiger partial charge in [0.1, 0.15) is 17.5 Å². The van der Waals surface area contributed by atoms with E-state index in [0.717, 1.165) is 17.7 Å². The van der Waals surface area contributed by atoms with Crippen molar-refractivity contribution in [1.29, 1.82) is 0 Å². The first-order valence-corrected chi connectivity index (χ1v) is 8.25. The Bertz CT molecular complexity index is 723. The lowest BCUT2D eigenvalue weighted by Gasteiger charge is -2.18. The number of hydrogen-bond donors (Lipinski definition) is 1. The van der Waals surface area contributed by atoms with E-state index in [-0.39, 0.29) is 24.2 Å². The quantitative estimate of drug-likeness (QED) is 0.835. The molecule has 1 amide bonds. The van der Waals surface area contributed by atoms with Crippen LogP contribution >= 0.6 is 0 Å². The maximum absolute atomic E-state index is 12.1. The Kier molecular flexibility index (Phi) is 4.99. The Morgan fingerprint density at radius 1 is 1.32 bits per heavy atom. The molecule has 0 aliphatic carbocycles. The van der Waals surface area contributed by atoms with Gasteiger partial charge >= 0.3 is 0 Å². The van der Waals surface area contributed by atoms with E-state index in [9.17, 15) is 4.79 Å². The molecule has 1 aromatic carbocycles. The molecule has 0 radical (unpaired) electrons. The van der Waals surface area contributed by atoms with Crippen molar-refractivity contribution < 1.29 is 23.4 Å². The van der Waals surface area contributed by atoms with Crippen LogP contribution in [-0.2, 0) is 16.0 Å². The summed E-state index contributed by atoms with van der Waals surface area (Å²) in [6.07, 6.45) is 2.07. The number of rotatable bonds is 7. The maximum atomic E-state index is 12.1. The highest BCUT2D eigenvalue weighted by molar-refractivity contribution is 5.77. The molecular weight excluding hydrogens is 322 g/mol. The van der Waals surface area contributed by atoms with E-state index < -0.39 is 0 Å². The van der Waals surface area contributed by atoms with Crippen LogP contribution in [0.4, 0.5) is 0 Å². The molecule has 6 nitrogen and oxygen atoms in total. The summed E-state index contributed by atoms with van der Waals surface area (Å²) in [5, 5.41) is 2.79. The molecule has 1 aliphatic heterocycles. The number of para-hydroxylation sites is 1. The van der Waals surface area contributed by atoms with E-state index >= 15 is 0 Å². The second-order valence-electron chi connectivity index (χ2n) is 6.62. The SMILES string of the molecule is COC(CNC(=O)COc1cccc2c1OC(C)(C)C2)c1ccco1. The van der Waals surface area contributed by atoms with Gasteiger partial charge < -0.3 is 23.9 Å². The topological polar surface area (TPSA) is 69.9 Å². The zero-order chi connectivity index (χ0) is 17.9. The van der Waals surface area contributed by atoms with Crippen molar-refractivity contribution in [2.75, 3.05) is 20.3 Å². The first-order valence-electron chi connectivity index (χ1n) is 8.25. The number of carbonyl (C=O) groups is 1. The standard InChI is InChI=1S/C19H23NO5/c1-19(2)10-13-6-4-7-15(18(13)25-19)24-12-17(21)20-11-16(22-3)14-8-5-9-23-14/h4-9,16H,10-12H2,1-3H3,(H,20,21). The largest absolute Gasteiger partial charge is 0.483 e. The Morgan fingerprint density at radius 3 is 2.88 bits per heavy atom. The van der Waals surface area contributed by atoms with Crippen LogP contribution in [-0.4, -0.2) is 31.8 Å². The van der Waals surface area contributed by atoms with Gasteiger partial charge in [0.15, 0.2) is 18.1 Å². The highest BCUT2D eigenvalue weighted by Crippen LogP contribution is 2.41. The Balaban J connectivity index is 1.53. The molecule has 0 saturated heterocycles. The second-order valence-corrected chi connectivity index (χ2v) is 6.62. The third-order valence-corrected chi connectivity index (χ3v) is 4.04. The summed E-state index contributed by atoms with van der Waals surface area (Å²) in [5.41, 5.74) is 0.846. The van der Waals surface area contributed by atoms with Crippen molar-refractivity contribution in [1.82, 2.24) is 5.32 Å². The lowest BCUT2D eigenvalue weighted by molar-refractivity contribution is -0.123. The third kappa shape index (κ3) is 4.14. The molecule has 134 valence electrons. The number of nitrogens with one attached hydrogen (secondary N) is 1. The minimum atomic E-state index is -0.330. The lowest BCUT2D eigenvalue weighted by Crippen LogP contribution is -2.33. The van der Waals surface area contributed by atoms with Gasteiger partial charge in [-0.1, -0.05) is 12.1 Å². The van der Waals surface area contributed by atoms with Crippen molar-refractivity contribution in [3.63, 3.8) is 0 Å². The van der Waals surface area contributed by atoms with Crippen molar-refractivity contribution in [3.8, 4) is 11.5 Å². The average molecular weight is 345 g/mol. The van der Waals surface area contributed by atoms with E-state index in [1.165, 1.54) is 0 Å². The van der Waals surface area contributed by atoms with Crippen LogP contribution in [0.25, 0.3) is 0 Å². The second kappa shape index (κ2) is 7.19. The van der Waals surface area contributed by atoms with Crippen LogP contribution in [0.1, 0.15) is 31.3 Å². The van der Waals surface area contributed by atoms with Crippen molar-refractivity contribution in [2.45, 2.75) is 32.0 Å². The van der Waals surface area contributed by atoms with Crippen molar-refractivity contribution in [2.24, 2.45) is 0 Å². The average Bonchev–Trinajstić information content (AvgIpc) is 3.19. The van der Waals surface area contributed by atoms with Gasteiger partial charge in [0, 0.05) is 19.1 Å². The molecule has 0 spiro atoms. The van der Waals surface area contributed by atoms with Gasteiger partial charge in [-0.15, -0.1) is 0 Å². The summed E-state index contributed by atoms with van der Waals surface area (Å²) in [6, 6.07) is 9.33. The lowest BCUT2D eigenvalue weighted by atomic mass is 10.0. The molecular formula is C19H23NO5. The first-order chi connectivity index (χ1) is 12.0. The molecule has 0 saturated carbocycles. The molecule has 25 heavy (non-hydrogen) atoms.